The molecule has 0 fully saturated rings. The molecule has 2 aromatic rings. The number of methoxy groups -OCH3 is 1. The van der Waals surface area contributed by atoms with Crippen molar-refractivity contribution >= 4 is 21.9 Å². The molecule has 2 rings (SSSR count). The highest BCUT2D eigenvalue weighted by Crippen LogP contribution is 2.11. The Hall–Kier alpha value is -2.15. The molecule has 1 aromatic carbocycles. The number of carbonyl (C=O) groups excluding carboxylic acids is 1. The highest BCUT2D eigenvalue weighted by atomic mass is 79.9. The Morgan fingerprint density at radius 3 is 2.75 bits per heavy atom. The Bertz CT molecular complexity index is 763. The van der Waals surface area contributed by atoms with Gasteiger partial charge in [0.25, 0.3) is 5.56 Å². The number of esters is 1. The van der Waals surface area contributed by atoms with Crippen molar-refractivity contribution in [2.75, 3.05) is 7.11 Å². The molecule has 0 saturated heterocycles. The number of aromatic nitrogens is 2. The lowest BCUT2D eigenvalue weighted by Crippen LogP contribution is -2.30. The number of benzene rings is 1. The van der Waals surface area contributed by atoms with E-state index in [1.807, 2.05) is 0 Å². The van der Waals surface area contributed by atoms with Crippen LogP contribution in [-0.2, 0) is 11.3 Å². The van der Waals surface area contributed by atoms with Crippen molar-refractivity contribution in [3.63, 3.8) is 0 Å². The topological polar surface area (TPSA) is 81.2 Å². The molecule has 20 heavy (non-hydrogen) atoms. The summed E-state index contributed by atoms with van der Waals surface area (Å²) in [6.45, 7) is 0.152. The van der Waals surface area contributed by atoms with Crippen molar-refractivity contribution < 1.29 is 9.53 Å². The van der Waals surface area contributed by atoms with Gasteiger partial charge in [-0.2, -0.15) is 0 Å². The molecule has 0 bridgehead atoms. The van der Waals surface area contributed by atoms with Gasteiger partial charge in [0.1, 0.15) is 0 Å². The van der Waals surface area contributed by atoms with E-state index in [2.05, 4.69) is 20.9 Å². The second-order valence-corrected chi connectivity index (χ2v) is 4.87. The summed E-state index contributed by atoms with van der Waals surface area (Å²) in [6.07, 6.45) is 1.38. The van der Waals surface area contributed by atoms with Crippen LogP contribution in [0.25, 0.3) is 0 Å². The van der Waals surface area contributed by atoms with E-state index in [4.69, 9.17) is 4.74 Å². The molecule has 0 radical (unpaired) electrons. The lowest BCUT2D eigenvalue weighted by atomic mass is 10.1. The van der Waals surface area contributed by atoms with Crippen LogP contribution in [0, 0.1) is 0 Å². The van der Waals surface area contributed by atoms with Crippen LogP contribution < -0.4 is 11.2 Å². The Balaban J connectivity index is 2.46. The van der Waals surface area contributed by atoms with Crippen molar-refractivity contribution in [1.82, 2.24) is 9.55 Å². The average molecular weight is 339 g/mol. The number of halogens is 1. The van der Waals surface area contributed by atoms with Gasteiger partial charge in [-0.1, -0.05) is 18.2 Å². The van der Waals surface area contributed by atoms with Gasteiger partial charge in [0, 0.05) is 6.20 Å². The van der Waals surface area contributed by atoms with Gasteiger partial charge in [-0.15, -0.1) is 0 Å². The van der Waals surface area contributed by atoms with Gasteiger partial charge in [-0.3, -0.25) is 14.3 Å². The molecule has 0 spiro atoms. The molecule has 0 saturated carbocycles. The monoisotopic (exact) mass is 338 g/mol. The molecular weight excluding hydrogens is 328 g/mol. The van der Waals surface area contributed by atoms with Crippen LogP contribution in [0.1, 0.15) is 15.9 Å². The third-order valence-electron chi connectivity index (χ3n) is 2.73. The number of hydrogen-bond acceptors (Lipinski definition) is 4. The van der Waals surface area contributed by atoms with Crippen LogP contribution in [-0.4, -0.2) is 22.6 Å². The maximum absolute atomic E-state index is 11.7. The molecule has 1 heterocycles. The number of nitrogens with one attached hydrogen (secondary N) is 1. The molecule has 0 unspecified atom stereocenters. The summed E-state index contributed by atoms with van der Waals surface area (Å²) in [5.41, 5.74) is -0.0324. The van der Waals surface area contributed by atoms with Gasteiger partial charge in [0.15, 0.2) is 0 Å². The molecule has 1 aromatic heterocycles. The predicted molar refractivity (Wildman–Crippen MR) is 75.9 cm³/mol. The van der Waals surface area contributed by atoms with Gasteiger partial charge in [-0.25, -0.2) is 9.59 Å². The molecule has 0 atom stereocenters. The Kier molecular flexibility index (Phi) is 4.19. The molecule has 0 aliphatic rings. The van der Waals surface area contributed by atoms with Gasteiger partial charge >= 0.3 is 11.7 Å². The fourth-order valence-electron chi connectivity index (χ4n) is 1.75. The minimum atomic E-state index is -0.544. The zero-order chi connectivity index (χ0) is 14.7. The van der Waals surface area contributed by atoms with E-state index in [1.54, 1.807) is 24.3 Å². The van der Waals surface area contributed by atoms with Gasteiger partial charge in [-0.05, 0) is 27.6 Å². The second kappa shape index (κ2) is 5.87. The molecule has 0 amide bonds. The second-order valence-electron chi connectivity index (χ2n) is 4.01. The van der Waals surface area contributed by atoms with Crippen LogP contribution in [0.4, 0.5) is 0 Å². The van der Waals surface area contributed by atoms with E-state index < -0.39 is 17.2 Å². The van der Waals surface area contributed by atoms with Gasteiger partial charge in [0.05, 0.1) is 23.7 Å². The van der Waals surface area contributed by atoms with E-state index in [-0.39, 0.29) is 11.0 Å². The number of hydrogen-bond donors (Lipinski definition) is 1. The number of aromatic amines is 1. The van der Waals surface area contributed by atoms with E-state index in [9.17, 15) is 14.4 Å². The van der Waals surface area contributed by atoms with Crippen LogP contribution in [0.2, 0.25) is 0 Å². The fraction of sp³-hybridized carbons (Fsp3) is 0.154. The summed E-state index contributed by atoms with van der Waals surface area (Å²) in [7, 11) is 1.29. The first-order valence-corrected chi connectivity index (χ1v) is 6.47. The fourth-order valence-corrected chi connectivity index (χ4v) is 2.10. The molecule has 1 N–H and O–H groups in total. The third kappa shape index (κ3) is 2.88. The van der Waals surface area contributed by atoms with E-state index in [0.717, 1.165) is 0 Å². The maximum Gasteiger partial charge on any atom is 0.338 e. The van der Waals surface area contributed by atoms with Crippen LogP contribution >= 0.6 is 15.9 Å². The van der Waals surface area contributed by atoms with E-state index >= 15 is 0 Å². The average Bonchev–Trinajstić information content (AvgIpc) is 2.44. The largest absolute Gasteiger partial charge is 0.465 e. The first kappa shape index (κ1) is 14.3. The lowest BCUT2D eigenvalue weighted by molar-refractivity contribution is 0.0599. The first-order chi connectivity index (χ1) is 9.52. The SMILES string of the molecule is COC(=O)c1ccccc1Cn1cc(Br)c(=O)[nH]c1=O. The Labute approximate surface area is 122 Å². The van der Waals surface area contributed by atoms with Crippen molar-refractivity contribution in [1.29, 1.82) is 0 Å². The van der Waals surface area contributed by atoms with Crippen molar-refractivity contribution in [3.05, 3.63) is 66.9 Å². The highest BCUT2D eigenvalue weighted by Gasteiger charge is 2.12. The molecule has 0 aliphatic carbocycles. The maximum atomic E-state index is 11.7. The summed E-state index contributed by atoms with van der Waals surface area (Å²) in [5, 5.41) is 0. The highest BCUT2D eigenvalue weighted by molar-refractivity contribution is 9.10. The Morgan fingerprint density at radius 2 is 2.05 bits per heavy atom. The molecule has 7 heteroatoms. The Morgan fingerprint density at radius 1 is 1.35 bits per heavy atom. The molecule has 0 aliphatic heterocycles. The minimum absolute atomic E-state index is 0.152. The molecule has 104 valence electrons. The van der Waals surface area contributed by atoms with Crippen molar-refractivity contribution in [3.8, 4) is 0 Å². The zero-order valence-electron chi connectivity index (χ0n) is 10.6. The van der Waals surface area contributed by atoms with Crippen molar-refractivity contribution in [2.45, 2.75) is 6.54 Å². The third-order valence-corrected chi connectivity index (χ3v) is 3.30. The standard InChI is InChI=1S/C13H11BrN2O4/c1-20-12(18)9-5-3-2-4-8(9)6-16-7-10(14)11(17)15-13(16)19/h2-5,7H,6H2,1H3,(H,15,17,19). The predicted octanol–water partition coefficient (Wildman–Crippen LogP) is 1.13. The van der Waals surface area contributed by atoms with Crippen LogP contribution in [0.15, 0.2) is 44.5 Å². The molecule has 6 nitrogen and oxygen atoms in total. The van der Waals surface area contributed by atoms with Crippen LogP contribution in [0.5, 0.6) is 0 Å². The number of rotatable bonds is 3. The van der Waals surface area contributed by atoms with Gasteiger partial charge < -0.3 is 4.74 Å². The number of carbonyl (C=O) groups is 1. The lowest BCUT2D eigenvalue weighted by Gasteiger charge is -2.09. The summed E-state index contributed by atoms with van der Waals surface area (Å²) >= 11 is 3.06. The minimum Gasteiger partial charge on any atom is -0.465 e. The van der Waals surface area contributed by atoms with Crippen molar-refractivity contribution in [2.24, 2.45) is 0 Å². The number of ether oxygens (including phenoxy) is 1. The summed E-state index contributed by atoms with van der Waals surface area (Å²) in [4.78, 5) is 36.8. The summed E-state index contributed by atoms with van der Waals surface area (Å²) in [6, 6.07) is 6.81. The quantitative estimate of drug-likeness (QED) is 0.850. The van der Waals surface area contributed by atoms with E-state index in [1.165, 1.54) is 17.9 Å². The summed E-state index contributed by atoms with van der Waals surface area (Å²) < 4.78 is 6.24. The van der Waals surface area contributed by atoms with Crippen LogP contribution in [0.3, 0.4) is 0 Å². The zero-order valence-corrected chi connectivity index (χ0v) is 12.1. The first-order valence-electron chi connectivity index (χ1n) is 5.68. The van der Waals surface area contributed by atoms with E-state index in [0.29, 0.717) is 11.1 Å². The smallest absolute Gasteiger partial charge is 0.338 e. The summed E-state index contributed by atoms with van der Waals surface area (Å²) in [5.74, 6) is -0.475. The number of nitrogens with zero attached hydrogens (tertiary/aromatic N) is 1. The normalized spacial score (nSPS) is 10.3. The number of H-pyrrole nitrogens is 1. The molecular formula is C13H11BrN2O4. The van der Waals surface area contributed by atoms with Gasteiger partial charge in [0.2, 0.25) is 0 Å².